The van der Waals surface area contributed by atoms with Crippen molar-refractivity contribution in [2.45, 2.75) is 0 Å². The van der Waals surface area contributed by atoms with Crippen LogP contribution < -0.4 is 5.73 Å². The Morgan fingerprint density at radius 1 is 1.27 bits per heavy atom. The second-order valence-electron chi connectivity index (χ2n) is 2.30. The lowest BCUT2D eigenvalue weighted by Gasteiger charge is -1.96. The summed E-state index contributed by atoms with van der Waals surface area (Å²) in [6, 6.07) is 5.75. The molecule has 3 heteroatoms. The van der Waals surface area contributed by atoms with E-state index in [1.807, 2.05) is 18.2 Å². The number of halogens is 1. The van der Waals surface area contributed by atoms with Crippen LogP contribution in [0.5, 0.6) is 0 Å². The van der Waals surface area contributed by atoms with Crippen molar-refractivity contribution >= 4 is 32.6 Å². The molecule has 0 amide bonds. The van der Waals surface area contributed by atoms with Gasteiger partial charge in [0.1, 0.15) is 0 Å². The zero-order chi connectivity index (χ0) is 7.84. The van der Waals surface area contributed by atoms with Gasteiger partial charge in [0.05, 0.1) is 12.0 Å². The van der Waals surface area contributed by atoms with Gasteiger partial charge in [0.25, 0.3) is 0 Å². The Kier molecular flexibility index (Phi) is 1.39. The lowest BCUT2D eigenvalue weighted by Crippen LogP contribution is -1.85. The first-order chi connectivity index (χ1) is 5.29. The molecule has 2 nitrogen and oxygen atoms in total. The van der Waals surface area contributed by atoms with E-state index in [9.17, 15) is 0 Å². The minimum absolute atomic E-state index is 0.660. The molecule has 0 aliphatic rings. The van der Waals surface area contributed by atoms with Gasteiger partial charge >= 0.3 is 0 Å². The molecule has 0 saturated heterocycles. The number of furan rings is 1. The zero-order valence-electron chi connectivity index (χ0n) is 5.67. The maximum atomic E-state index is 5.72. The quantitative estimate of drug-likeness (QED) is 0.682. The summed E-state index contributed by atoms with van der Waals surface area (Å²) in [5.41, 5.74) is 7.13. The standard InChI is InChI=1S/C8H6BrNO/c9-6-2-1-5-3-4-11-8(5)7(6)10/h1-4H,10H2. The normalized spacial score (nSPS) is 10.6. The molecular weight excluding hydrogens is 206 g/mol. The van der Waals surface area contributed by atoms with Gasteiger partial charge in [0.15, 0.2) is 5.58 Å². The largest absolute Gasteiger partial charge is 0.462 e. The number of rotatable bonds is 0. The molecule has 0 aliphatic carbocycles. The Bertz CT molecular complexity index is 394. The molecule has 0 fully saturated rings. The summed E-state index contributed by atoms with van der Waals surface area (Å²) in [5.74, 6) is 0. The molecule has 56 valence electrons. The fourth-order valence-electron chi connectivity index (χ4n) is 1.03. The third-order valence-corrected chi connectivity index (χ3v) is 2.30. The van der Waals surface area contributed by atoms with Crippen molar-refractivity contribution in [2.75, 3.05) is 5.73 Å². The minimum atomic E-state index is 0.660. The molecule has 2 aromatic rings. The topological polar surface area (TPSA) is 39.2 Å². The lowest BCUT2D eigenvalue weighted by atomic mass is 10.2. The van der Waals surface area contributed by atoms with Crippen molar-refractivity contribution < 1.29 is 4.42 Å². The van der Waals surface area contributed by atoms with Crippen LogP contribution in [-0.4, -0.2) is 0 Å². The first-order valence-corrected chi connectivity index (χ1v) is 3.99. The van der Waals surface area contributed by atoms with Crippen LogP contribution in [0.15, 0.2) is 33.4 Å². The molecule has 11 heavy (non-hydrogen) atoms. The highest BCUT2D eigenvalue weighted by atomic mass is 79.9. The molecule has 2 N–H and O–H groups in total. The monoisotopic (exact) mass is 211 g/mol. The predicted molar refractivity (Wildman–Crippen MR) is 48.3 cm³/mol. The van der Waals surface area contributed by atoms with E-state index in [1.165, 1.54) is 0 Å². The van der Waals surface area contributed by atoms with Crippen LogP contribution in [0.1, 0.15) is 0 Å². The Morgan fingerprint density at radius 2 is 2.09 bits per heavy atom. The summed E-state index contributed by atoms with van der Waals surface area (Å²) in [4.78, 5) is 0. The van der Waals surface area contributed by atoms with E-state index in [0.29, 0.717) is 5.69 Å². The number of nitrogens with two attached hydrogens (primary N) is 1. The van der Waals surface area contributed by atoms with Crippen LogP contribution >= 0.6 is 15.9 Å². The van der Waals surface area contributed by atoms with E-state index in [-0.39, 0.29) is 0 Å². The number of benzene rings is 1. The van der Waals surface area contributed by atoms with Gasteiger partial charge in [0, 0.05) is 9.86 Å². The molecule has 2 rings (SSSR count). The third kappa shape index (κ3) is 0.922. The van der Waals surface area contributed by atoms with Gasteiger partial charge in [-0.1, -0.05) is 0 Å². The molecule has 0 atom stereocenters. The second-order valence-corrected chi connectivity index (χ2v) is 3.15. The number of hydrogen-bond acceptors (Lipinski definition) is 2. The first kappa shape index (κ1) is 6.73. The molecule has 0 bridgehead atoms. The summed E-state index contributed by atoms with van der Waals surface area (Å²) in [6.07, 6.45) is 1.63. The van der Waals surface area contributed by atoms with E-state index in [2.05, 4.69) is 15.9 Å². The van der Waals surface area contributed by atoms with Crippen LogP contribution in [0, 0.1) is 0 Å². The maximum absolute atomic E-state index is 5.72. The van der Waals surface area contributed by atoms with Crippen LogP contribution in [0.25, 0.3) is 11.0 Å². The lowest BCUT2D eigenvalue weighted by molar-refractivity contribution is 0.617. The average molecular weight is 212 g/mol. The Labute approximate surface area is 72.1 Å². The Morgan fingerprint density at radius 3 is 2.91 bits per heavy atom. The third-order valence-electron chi connectivity index (χ3n) is 1.61. The number of nitrogen functional groups attached to an aromatic ring is 1. The fraction of sp³-hybridized carbons (Fsp3) is 0. The van der Waals surface area contributed by atoms with Crippen LogP contribution in [0.2, 0.25) is 0 Å². The van der Waals surface area contributed by atoms with Crippen LogP contribution in [0.4, 0.5) is 5.69 Å². The van der Waals surface area contributed by atoms with Gasteiger partial charge < -0.3 is 10.2 Å². The molecule has 1 aromatic carbocycles. The van der Waals surface area contributed by atoms with Crippen molar-refractivity contribution in [3.8, 4) is 0 Å². The van der Waals surface area contributed by atoms with E-state index in [1.54, 1.807) is 6.26 Å². The van der Waals surface area contributed by atoms with Crippen molar-refractivity contribution in [1.29, 1.82) is 0 Å². The highest BCUT2D eigenvalue weighted by Gasteiger charge is 2.03. The van der Waals surface area contributed by atoms with Crippen LogP contribution in [-0.2, 0) is 0 Å². The molecule has 1 aromatic heterocycles. The van der Waals surface area contributed by atoms with Gasteiger partial charge in [-0.05, 0) is 34.1 Å². The van der Waals surface area contributed by atoms with Gasteiger partial charge in [-0.2, -0.15) is 0 Å². The first-order valence-electron chi connectivity index (χ1n) is 3.20. The summed E-state index contributed by atoms with van der Waals surface area (Å²) < 4.78 is 6.05. The molecule has 0 saturated carbocycles. The molecular formula is C8H6BrNO. The zero-order valence-corrected chi connectivity index (χ0v) is 7.26. The number of anilines is 1. The number of hydrogen-bond donors (Lipinski definition) is 1. The van der Waals surface area contributed by atoms with Gasteiger partial charge in [-0.15, -0.1) is 0 Å². The predicted octanol–water partition coefficient (Wildman–Crippen LogP) is 2.78. The van der Waals surface area contributed by atoms with E-state index in [0.717, 1.165) is 15.4 Å². The SMILES string of the molecule is Nc1c(Br)ccc2ccoc12. The molecule has 0 unspecified atom stereocenters. The van der Waals surface area contributed by atoms with Crippen molar-refractivity contribution in [1.82, 2.24) is 0 Å². The molecule has 0 spiro atoms. The van der Waals surface area contributed by atoms with Crippen LogP contribution in [0.3, 0.4) is 0 Å². The smallest absolute Gasteiger partial charge is 0.157 e. The molecule has 0 radical (unpaired) electrons. The highest BCUT2D eigenvalue weighted by Crippen LogP contribution is 2.28. The van der Waals surface area contributed by atoms with Crippen molar-refractivity contribution in [3.05, 3.63) is 28.9 Å². The summed E-state index contributed by atoms with van der Waals surface area (Å²) in [7, 11) is 0. The van der Waals surface area contributed by atoms with Crippen molar-refractivity contribution in [2.24, 2.45) is 0 Å². The summed E-state index contributed by atoms with van der Waals surface area (Å²) in [6.45, 7) is 0. The summed E-state index contributed by atoms with van der Waals surface area (Å²) in [5, 5.41) is 1.03. The van der Waals surface area contributed by atoms with E-state index >= 15 is 0 Å². The fourth-order valence-corrected chi connectivity index (χ4v) is 1.34. The Hall–Kier alpha value is -0.960. The van der Waals surface area contributed by atoms with Crippen molar-refractivity contribution in [3.63, 3.8) is 0 Å². The second kappa shape index (κ2) is 2.27. The molecule has 0 aliphatic heterocycles. The number of fused-ring (bicyclic) bond motifs is 1. The van der Waals surface area contributed by atoms with Gasteiger partial charge in [-0.3, -0.25) is 0 Å². The van der Waals surface area contributed by atoms with E-state index in [4.69, 9.17) is 10.2 Å². The molecule has 1 heterocycles. The maximum Gasteiger partial charge on any atom is 0.157 e. The van der Waals surface area contributed by atoms with Gasteiger partial charge in [0.2, 0.25) is 0 Å². The highest BCUT2D eigenvalue weighted by molar-refractivity contribution is 9.10. The summed E-state index contributed by atoms with van der Waals surface area (Å²) >= 11 is 3.32. The Balaban J connectivity index is 2.93. The minimum Gasteiger partial charge on any atom is -0.462 e. The van der Waals surface area contributed by atoms with Gasteiger partial charge in [-0.25, -0.2) is 0 Å². The van der Waals surface area contributed by atoms with E-state index < -0.39 is 0 Å². The average Bonchev–Trinajstić information content (AvgIpc) is 2.45.